The Labute approximate surface area is 111 Å². The molecule has 0 radical (unpaired) electrons. The second-order valence-electron chi connectivity index (χ2n) is 4.01. The molecular formula is C8H12N3O8P. The number of hydrogen-bond donors (Lipinski definition) is 5. The van der Waals surface area contributed by atoms with Gasteiger partial charge in [-0.1, -0.05) is 0 Å². The predicted octanol–water partition coefficient (Wildman–Crippen LogP) is -2.49. The third-order valence-electron chi connectivity index (χ3n) is 2.56. The van der Waals surface area contributed by atoms with Crippen LogP contribution in [-0.2, 0) is 13.8 Å². The van der Waals surface area contributed by atoms with Gasteiger partial charge in [0.05, 0.1) is 0 Å². The summed E-state index contributed by atoms with van der Waals surface area (Å²) in [7, 11) is -4.94. The van der Waals surface area contributed by atoms with Crippen molar-refractivity contribution >= 4 is 13.6 Å². The van der Waals surface area contributed by atoms with Gasteiger partial charge in [-0.25, -0.2) is 9.36 Å². The summed E-state index contributed by atoms with van der Waals surface area (Å²) in [5.41, 5.74) is 4.43. The highest BCUT2D eigenvalue weighted by molar-refractivity contribution is 7.46. The Hall–Kier alpha value is -1.33. The number of nitrogens with zero attached hydrogens (tertiary/aromatic N) is 2. The second kappa shape index (κ2) is 5.22. The zero-order chi connectivity index (χ0) is 15.1. The summed E-state index contributed by atoms with van der Waals surface area (Å²) in [6.45, 7) is 0. The van der Waals surface area contributed by atoms with E-state index in [4.69, 9.17) is 20.3 Å². The highest BCUT2D eigenvalue weighted by Gasteiger charge is 2.47. The highest BCUT2D eigenvalue weighted by atomic mass is 31.2. The average molecular weight is 309 g/mol. The molecule has 12 heteroatoms. The van der Waals surface area contributed by atoms with Crippen LogP contribution in [0.3, 0.4) is 0 Å². The van der Waals surface area contributed by atoms with Gasteiger partial charge in [-0.05, 0) is 6.07 Å². The molecule has 1 aliphatic heterocycles. The third-order valence-corrected chi connectivity index (χ3v) is 3.04. The van der Waals surface area contributed by atoms with Crippen molar-refractivity contribution in [3.63, 3.8) is 0 Å². The van der Waals surface area contributed by atoms with Gasteiger partial charge < -0.3 is 30.5 Å². The summed E-state index contributed by atoms with van der Waals surface area (Å²) in [6, 6.07) is 1.25. The molecule has 1 aromatic rings. The van der Waals surface area contributed by atoms with Crippen LogP contribution in [0.2, 0.25) is 0 Å². The standard InChI is InChI=1S/C8H12N3O8P/c9-3-1-2-11(8(14)10-3)6-4(12)5(13)7(18-6)19-20(15,16)17/h1-2,4-7,12-13H,(H2,9,10,14)(H2,15,16,17)/t4-,5?,6-,7-/m1/s1. The number of ether oxygens (including phenoxy) is 1. The molecule has 0 saturated carbocycles. The van der Waals surface area contributed by atoms with Crippen molar-refractivity contribution in [3.8, 4) is 0 Å². The van der Waals surface area contributed by atoms with Crippen molar-refractivity contribution < 1.29 is 33.8 Å². The van der Waals surface area contributed by atoms with Crippen LogP contribution in [0.5, 0.6) is 0 Å². The summed E-state index contributed by atoms with van der Waals surface area (Å²) in [4.78, 5) is 32.3. The van der Waals surface area contributed by atoms with Crippen LogP contribution >= 0.6 is 7.82 Å². The van der Waals surface area contributed by atoms with Gasteiger partial charge in [0.15, 0.2) is 12.5 Å². The molecule has 1 unspecified atom stereocenters. The molecule has 0 bridgehead atoms. The molecule has 1 aromatic heterocycles. The normalized spacial score (nSPS) is 30.6. The lowest BCUT2D eigenvalue weighted by Gasteiger charge is -2.16. The number of aliphatic hydroxyl groups excluding tert-OH is 2. The lowest BCUT2D eigenvalue weighted by Crippen LogP contribution is -2.35. The van der Waals surface area contributed by atoms with E-state index in [2.05, 4.69) is 9.51 Å². The Kier molecular flexibility index (Phi) is 3.93. The summed E-state index contributed by atoms with van der Waals surface area (Å²) in [5, 5.41) is 19.3. The van der Waals surface area contributed by atoms with Gasteiger partial charge in [-0.3, -0.25) is 9.09 Å². The number of phosphoric ester groups is 1. The number of nitrogen functional groups attached to an aromatic ring is 1. The molecule has 1 saturated heterocycles. The Morgan fingerprint density at radius 3 is 2.60 bits per heavy atom. The Balaban J connectivity index is 2.26. The van der Waals surface area contributed by atoms with Gasteiger partial charge in [0.25, 0.3) is 0 Å². The molecule has 2 rings (SSSR count). The van der Waals surface area contributed by atoms with Crippen LogP contribution in [0.4, 0.5) is 5.82 Å². The number of rotatable bonds is 3. The fourth-order valence-corrected chi connectivity index (χ4v) is 2.15. The molecule has 0 aliphatic carbocycles. The molecule has 1 fully saturated rings. The van der Waals surface area contributed by atoms with Crippen LogP contribution < -0.4 is 11.4 Å². The molecule has 2 heterocycles. The summed E-state index contributed by atoms with van der Waals surface area (Å²) >= 11 is 0. The third kappa shape index (κ3) is 3.04. The van der Waals surface area contributed by atoms with E-state index in [1.807, 2.05) is 0 Å². The minimum atomic E-state index is -4.94. The first-order chi connectivity index (χ1) is 9.19. The number of hydrogen-bond acceptors (Lipinski definition) is 8. The molecule has 11 nitrogen and oxygen atoms in total. The summed E-state index contributed by atoms with van der Waals surface area (Å²) in [5.74, 6) is -0.0534. The van der Waals surface area contributed by atoms with Crippen molar-refractivity contribution in [2.45, 2.75) is 24.7 Å². The molecule has 4 atom stereocenters. The number of nitrogens with two attached hydrogens (primary N) is 1. The number of phosphoric acid groups is 1. The fourth-order valence-electron chi connectivity index (χ4n) is 1.70. The predicted molar refractivity (Wildman–Crippen MR) is 62.0 cm³/mol. The smallest absolute Gasteiger partial charge is 0.385 e. The monoisotopic (exact) mass is 309 g/mol. The van der Waals surface area contributed by atoms with E-state index in [0.29, 0.717) is 0 Å². The van der Waals surface area contributed by atoms with Gasteiger partial charge in [-0.2, -0.15) is 4.98 Å². The van der Waals surface area contributed by atoms with Crippen LogP contribution in [0.15, 0.2) is 17.1 Å². The minimum Gasteiger partial charge on any atom is -0.385 e. The number of aromatic nitrogens is 2. The molecular weight excluding hydrogens is 297 g/mol. The van der Waals surface area contributed by atoms with E-state index in [9.17, 15) is 19.6 Å². The van der Waals surface area contributed by atoms with Crippen molar-refractivity contribution in [1.82, 2.24) is 9.55 Å². The number of anilines is 1. The van der Waals surface area contributed by atoms with E-state index in [1.54, 1.807) is 0 Å². The molecule has 20 heavy (non-hydrogen) atoms. The van der Waals surface area contributed by atoms with E-state index >= 15 is 0 Å². The van der Waals surface area contributed by atoms with Gasteiger partial charge in [0.1, 0.15) is 18.0 Å². The zero-order valence-electron chi connectivity index (χ0n) is 9.80. The highest BCUT2D eigenvalue weighted by Crippen LogP contribution is 2.42. The van der Waals surface area contributed by atoms with Crippen LogP contribution in [0, 0.1) is 0 Å². The molecule has 0 spiro atoms. The first-order valence-electron chi connectivity index (χ1n) is 5.29. The molecule has 0 aromatic carbocycles. The Bertz CT molecular complexity index is 600. The fraction of sp³-hybridized carbons (Fsp3) is 0.500. The van der Waals surface area contributed by atoms with Gasteiger partial charge >= 0.3 is 13.5 Å². The van der Waals surface area contributed by atoms with Crippen LogP contribution in [0.1, 0.15) is 6.23 Å². The molecule has 0 amide bonds. The molecule has 1 aliphatic rings. The maximum Gasteiger partial charge on any atom is 0.472 e. The van der Waals surface area contributed by atoms with Crippen molar-refractivity contribution in [1.29, 1.82) is 0 Å². The Morgan fingerprint density at radius 2 is 2.05 bits per heavy atom. The van der Waals surface area contributed by atoms with E-state index in [1.165, 1.54) is 6.07 Å². The van der Waals surface area contributed by atoms with Crippen LogP contribution in [0.25, 0.3) is 0 Å². The lowest BCUT2D eigenvalue weighted by atomic mass is 10.2. The topological polar surface area (TPSA) is 177 Å². The van der Waals surface area contributed by atoms with E-state index < -0.39 is 38.2 Å². The molecule has 112 valence electrons. The van der Waals surface area contributed by atoms with Crippen molar-refractivity contribution in [3.05, 3.63) is 22.7 Å². The van der Waals surface area contributed by atoms with Crippen LogP contribution in [-0.4, -0.2) is 48.0 Å². The summed E-state index contributed by atoms with van der Waals surface area (Å²) in [6.07, 6.45) is -5.44. The minimum absolute atomic E-state index is 0.0534. The second-order valence-corrected chi connectivity index (χ2v) is 5.21. The van der Waals surface area contributed by atoms with Crippen molar-refractivity contribution in [2.75, 3.05) is 5.73 Å². The summed E-state index contributed by atoms with van der Waals surface area (Å²) < 4.78 is 20.6. The van der Waals surface area contributed by atoms with Crippen molar-refractivity contribution in [2.24, 2.45) is 0 Å². The lowest BCUT2D eigenvalue weighted by molar-refractivity contribution is -0.135. The zero-order valence-corrected chi connectivity index (χ0v) is 10.7. The first-order valence-corrected chi connectivity index (χ1v) is 6.82. The average Bonchev–Trinajstić information content (AvgIpc) is 2.56. The number of aliphatic hydroxyl groups is 2. The SMILES string of the molecule is Nc1ccn([C@@H]2O[C@H](OP(=O)(O)O)C(O)[C@H]2O)c(=O)n1. The largest absolute Gasteiger partial charge is 0.472 e. The van der Waals surface area contributed by atoms with E-state index in [0.717, 1.165) is 10.8 Å². The van der Waals surface area contributed by atoms with Gasteiger partial charge in [0.2, 0.25) is 0 Å². The van der Waals surface area contributed by atoms with Gasteiger partial charge in [0, 0.05) is 6.20 Å². The maximum absolute atomic E-state index is 11.6. The Morgan fingerprint density at radius 1 is 1.40 bits per heavy atom. The maximum atomic E-state index is 11.6. The first kappa shape index (κ1) is 15.1. The van der Waals surface area contributed by atoms with Gasteiger partial charge in [-0.15, -0.1) is 0 Å². The molecule has 6 N–H and O–H groups in total. The van der Waals surface area contributed by atoms with E-state index in [-0.39, 0.29) is 5.82 Å². The quantitative estimate of drug-likeness (QED) is 0.375.